The van der Waals surface area contributed by atoms with Crippen LogP contribution in [0.3, 0.4) is 0 Å². The summed E-state index contributed by atoms with van der Waals surface area (Å²) in [4.78, 5) is 10.3. The fraction of sp³-hybridized carbons (Fsp3) is 0.462. The second-order valence-corrected chi connectivity index (χ2v) is 8.69. The summed E-state index contributed by atoms with van der Waals surface area (Å²) >= 11 is 2.11. The van der Waals surface area contributed by atoms with Crippen molar-refractivity contribution in [1.82, 2.24) is 24.6 Å². The van der Waals surface area contributed by atoms with Gasteiger partial charge in [0.15, 0.2) is 5.65 Å². The molecule has 0 radical (unpaired) electrons. The molecule has 3 rings (SSSR count). The zero-order valence-corrected chi connectivity index (χ0v) is 15.3. The third-order valence-electron chi connectivity index (χ3n) is 3.64. The Morgan fingerprint density at radius 2 is 1.91 bits per heavy atom. The van der Waals surface area contributed by atoms with Crippen LogP contribution in [0.1, 0.15) is 0 Å². The van der Waals surface area contributed by atoms with Crippen molar-refractivity contribution >= 4 is 50.0 Å². The Morgan fingerprint density at radius 3 is 2.65 bits per heavy atom. The molecule has 0 spiro atoms. The SMILES string of the molecule is Nc1ncnc2c1c(I)nn2CC#CCN1CCS(O)(O)CC1. The van der Waals surface area contributed by atoms with E-state index in [2.05, 4.69) is 54.4 Å². The number of nitrogen functional groups attached to an aromatic ring is 1. The summed E-state index contributed by atoms with van der Waals surface area (Å²) in [6.07, 6.45) is 1.42. The molecule has 0 aliphatic carbocycles. The number of fused-ring (bicyclic) bond motifs is 1. The highest BCUT2D eigenvalue weighted by atomic mass is 127. The van der Waals surface area contributed by atoms with Crippen LogP contribution in [-0.4, -0.2) is 64.9 Å². The van der Waals surface area contributed by atoms with Gasteiger partial charge in [-0.2, -0.15) is 15.7 Å². The first-order valence-corrected chi connectivity index (χ1v) is 9.97. The lowest BCUT2D eigenvalue weighted by Gasteiger charge is -2.40. The predicted molar refractivity (Wildman–Crippen MR) is 99.3 cm³/mol. The predicted octanol–water partition coefficient (Wildman–Crippen LogP) is 1.08. The van der Waals surface area contributed by atoms with Crippen molar-refractivity contribution in [2.45, 2.75) is 6.54 Å². The second kappa shape index (κ2) is 6.78. The summed E-state index contributed by atoms with van der Waals surface area (Å²) in [6.45, 7) is 2.38. The molecule has 0 unspecified atom stereocenters. The van der Waals surface area contributed by atoms with Crippen molar-refractivity contribution in [3.8, 4) is 11.8 Å². The number of halogens is 1. The minimum absolute atomic E-state index is 0.422. The quantitative estimate of drug-likeness (QED) is 0.466. The molecule has 8 nitrogen and oxygen atoms in total. The number of aromatic nitrogens is 4. The number of nitrogens with zero attached hydrogens (tertiary/aromatic N) is 5. The summed E-state index contributed by atoms with van der Waals surface area (Å²) < 4.78 is 21.6. The Morgan fingerprint density at radius 1 is 1.22 bits per heavy atom. The van der Waals surface area contributed by atoms with Gasteiger partial charge in [-0.25, -0.2) is 14.6 Å². The van der Waals surface area contributed by atoms with Crippen LogP contribution in [0, 0.1) is 15.5 Å². The molecule has 1 saturated heterocycles. The van der Waals surface area contributed by atoms with E-state index in [4.69, 9.17) is 5.73 Å². The van der Waals surface area contributed by atoms with Gasteiger partial charge in [-0.15, -0.1) is 0 Å². The molecule has 0 aromatic carbocycles. The molecular formula is C13H17IN6O2S. The van der Waals surface area contributed by atoms with E-state index in [-0.39, 0.29) is 0 Å². The van der Waals surface area contributed by atoms with Gasteiger partial charge in [-0.1, -0.05) is 11.8 Å². The van der Waals surface area contributed by atoms with Crippen molar-refractivity contribution < 1.29 is 9.11 Å². The third-order valence-corrected chi connectivity index (χ3v) is 6.07. The van der Waals surface area contributed by atoms with Crippen molar-refractivity contribution in [3.05, 3.63) is 10.0 Å². The number of anilines is 1. The summed E-state index contributed by atoms with van der Waals surface area (Å²) in [6, 6.07) is 0. The fourth-order valence-electron chi connectivity index (χ4n) is 2.32. The lowest BCUT2D eigenvalue weighted by atomic mass is 10.4. The fourth-order valence-corrected chi connectivity index (χ4v) is 4.40. The largest absolute Gasteiger partial charge is 0.383 e. The topological polar surface area (TPSA) is 113 Å². The molecule has 23 heavy (non-hydrogen) atoms. The Labute approximate surface area is 148 Å². The average Bonchev–Trinajstić information content (AvgIpc) is 2.83. The number of hydrogen-bond donors (Lipinski definition) is 3. The van der Waals surface area contributed by atoms with E-state index in [1.54, 1.807) is 4.68 Å². The average molecular weight is 448 g/mol. The zero-order valence-electron chi connectivity index (χ0n) is 12.3. The molecule has 2 aromatic heterocycles. The first-order chi connectivity index (χ1) is 11.0. The second-order valence-electron chi connectivity index (χ2n) is 5.25. The van der Waals surface area contributed by atoms with Gasteiger partial charge in [-0.3, -0.25) is 14.0 Å². The molecule has 10 heteroatoms. The van der Waals surface area contributed by atoms with Gasteiger partial charge < -0.3 is 5.73 Å². The van der Waals surface area contributed by atoms with E-state index in [0.29, 0.717) is 49.1 Å². The molecule has 124 valence electrons. The van der Waals surface area contributed by atoms with Crippen LogP contribution in [0.15, 0.2) is 6.33 Å². The van der Waals surface area contributed by atoms with Gasteiger partial charge in [0.25, 0.3) is 0 Å². The van der Waals surface area contributed by atoms with Crippen LogP contribution in [0.5, 0.6) is 0 Å². The van der Waals surface area contributed by atoms with E-state index < -0.39 is 10.6 Å². The summed E-state index contributed by atoms with van der Waals surface area (Å²) in [5.41, 5.74) is 6.54. The van der Waals surface area contributed by atoms with E-state index in [9.17, 15) is 9.11 Å². The lowest BCUT2D eigenvalue weighted by Crippen LogP contribution is -2.38. The minimum Gasteiger partial charge on any atom is -0.383 e. The summed E-state index contributed by atoms with van der Waals surface area (Å²) in [5, 5.41) is 5.16. The van der Waals surface area contributed by atoms with E-state index >= 15 is 0 Å². The number of hydrogen-bond acceptors (Lipinski definition) is 7. The maximum Gasteiger partial charge on any atom is 0.165 e. The van der Waals surface area contributed by atoms with Crippen LogP contribution in [0.2, 0.25) is 0 Å². The maximum atomic E-state index is 9.58. The molecule has 0 bridgehead atoms. The molecule has 3 heterocycles. The molecule has 0 saturated carbocycles. The Balaban J connectivity index is 1.63. The normalized spacial score (nSPS) is 19.3. The molecule has 2 aromatic rings. The molecule has 1 aliphatic rings. The van der Waals surface area contributed by atoms with Gasteiger partial charge >= 0.3 is 0 Å². The number of nitrogens with two attached hydrogens (primary N) is 1. The zero-order chi connectivity index (χ0) is 16.4. The van der Waals surface area contributed by atoms with Crippen LogP contribution in [0.25, 0.3) is 11.0 Å². The van der Waals surface area contributed by atoms with Crippen molar-refractivity contribution in [1.29, 1.82) is 0 Å². The minimum atomic E-state index is -2.35. The molecular weight excluding hydrogens is 431 g/mol. The third kappa shape index (κ3) is 3.86. The van der Waals surface area contributed by atoms with Crippen LogP contribution in [0.4, 0.5) is 5.82 Å². The van der Waals surface area contributed by atoms with Gasteiger partial charge in [0.1, 0.15) is 22.4 Å². The standard InChI is InChI=1S/C13H17IN6O2S/c14-11-10-12(15)16-9-17-13(10)20(18-11)4-2-1-3-19-5-7-23(21,22)8-6-19/h9,21-22H,3-8H2,(H2,15,16,17). The molecule has 0 atom stereocenters. The molecule has 1 fully saturated rings. The first-order valence-electron chi connectivity index (χ1n) is 7.00. The van der Waals surface area contributed by atoms with Crippen molar-refractivity contribution in [2.24, 2.45) is 0 Å². The van der Waals surface area contributed by atoms with Crippen LogP contribution < -0.4 is 5.73 Å². The lowest BCUT2D eigenvalue weighted by molar-refractivity contribution is 0.317. The highest BCUT2D eigenvalue weighted by molar-refractivity contribution is 14.1. The smallest absolute Gasteiger partial charge is 0.165 e. The highest BCUT2D eigenvalue weighted by Gasteiger charge is 2.21. The monoisotopic (exact) mass is 448 g/mol. The van der Waals surface area contributed by atoms with Gasteiger partial charge in [0.2, 0.25) is 0 Å². The Bertz CT molecular complexity index is 774. The maximum absolute atomic E-state index is 9.58. The van der Waals surface area contributed by atoms with Gasteiger partial charge in [0.05, 0.1) is 23.4 Å². The highest BCUT2D eigenvalue weighted by Crippen LogP contribution is 2.40. The van der Waals surface area contributed by atoms with Crippen molar-refractivity contribution in [2.75, 3.05) is 36.9 Å². The van der Waals surface area contributed by atoms with Gasteiger partial charge in [0, 0.05) is 13.1 Å². The van der Waals surface area contributed by atoms with Gasteiger partial charge in [-0.05, 0) is 22.6 Å². The molecule has 4 N–H and O–H groups in total. The van der Waals surface area contributed by atoms with E-state index in [1.165, 1.54) is 6.33 Å². The van der Waals surface area contributed by atoms with Crippen molar-refractivity contribution in [3.63, 3.8) is 0 Å². The summed E-state index contributed by atoms with van der Waals surface area (Å²) in [5.74, 6) is 7.48. The van der Waals surface area contributed by atoms with E-state index in [1.807, 2.05) is 0 Å². The molecule has 1 aliphatic heterocycles. The molecule has 0 amide bonds. The Kier molecular flexibility index (Phi) is 4.93. The first kappa shape index (κ1) is 16.7. The number of rotatable bonds is 2. The Hall–Kier alpha value is -1.13. The van der Waals surface area contributed by atoms with Crippen LogP contribution >= 0.6 is 33.2 Å². The summed E-state index contributed by atoms with van der Waals surface area (Å²) in [7, 11) is -2.35. The van der Waals surface area contributed by atoms with E-state index in [0.717, 1.165) is 9.09 Å². The van der Waals surface area contributed by atoms with Crippen LogP contribution in [-0.2, 0) is 6.54 Å².